The van der Waals surface area contributed by atoms with E-state index in [0.29, 0.717) is 19.8 Å². The van der Waals surface area contributed by atoms with Crippen molar-refractivity contribution in [3.63, 3.8) is 0 Å². The molecule has 0 aliphatic carbocycles. The summed E-state index contributed by atoms with van der Waals surface area (Å²) in [5, 5.41) is 12.0. The van der Waals surface area contributed by atoms with Gasteiger partial charge in [-0.1, -0.05) is 59.4 Å². The highest BCUT2D eigenvalue weighted by Gasteiger charge is 2.09. The van der Waals surface area contributed by atoms with Crippen molar-refractivity contribution >= 4 is 10.9 Å². The largest absolute Gasteiger partial charge is 0.489 e. The molecule has 0 saturated carbocycles. The minimum Gasteiger partial charge on any atom is -0.489 e. The Morgan fingerprint density at radius 2 is 1.53 bits per heavy atom. The Morgan fingerprint density at radius 1 is 0.750 bits per heavy atom. The topological polar surface area (TPSA) is 76.8 Å². The summed E-state index contributed by atoms with van der Waals surface area (Å²) in [5.74, 6) is 1.49. The lowest BCUT2D eigenvalue weighted by molar-refractivity contribution is -0.798. The van der Waals surface area contributed by atoms with E-state index in [4.69, 9.17) is 9.47 Å². The number of hydrogen-bond donors (Lipinski definition) is 1. The quantitative estimate of drug-likeness (QED) is 0.383. The predicted molar refractivity (Wildman–Crippen MR) is 119 cm³/mol. The Balaban J connectivity index is 1.23. The fraction of sp³-hybridized carbons (Fsp3) is 0.120. The normalized spacial score (nSPS) is 10.9. The van der Waals surface area contributed by atoms with E-state index in [-0.39, 0.29) is 0 Å². The van der Waals surface area contributed by atoms with Crippen molar-refractivity contribution in [3.8, 4) is 11.5 Å². The van der Waals surface area contributed by atoms with Crippen LogP contribution in [0.1, 0.15) is 16.8 Å². The summed E-state index contributed by atoms with van der Waals surface area (Å²) in [7, 11) is 0. The molecule has 0 fully saturated rings. The van der Waals surface area contributed by atoms with Gasteiger partial charge >= 0.3 is 0 Å². The maximum atomic E-state index is 6.05. The number of tetrazole rings is 1. The van der Waals surface area contributed by atoms with Crippen molar-refractivity contribution in [1.29, 1.82) is 0 Å². The minimum atomic E-state index is 0.394. The first-order valence-electron chi connectivity index (χ1n) is 10.4. The number of fused-ring (bicyclic) bond motifs is 1. The number of nitrogens with one attached hydrogen (secondary N) is 1. The number of aromatic nitrogens is 5. The zero-order chi connectivity index (χ0) is 21.6. The van der Waals surface area contributed by atoms with Gasteiger partial charge in [0.15, 0.2) is 6.54 Å². The van der Waals surface area contributed by atoms with Crippen LogP contribution in [0.15, 0.2) is 91.3 Å². The number of nitrogens with zero attached hydrogens (tertiary/aromatic N) is 4. The average molecular weight is 424 g/mol. The second kappa shape index (κ2) is 9.26. The van der Waals surface area contributed by atoms with Crippen molar-refractivity contribution in [3.05, 3.63) is 108 Å². The van der Waals surface area contributed by atoms with Crippen molar-refractivity contribution < 1.29 is 14.3 Å². The molecule has 0 aliphatic rings. The molecular weight excluding hydrogens is 402 g/mol. The van der Waals surface area contributed by atoms with E-state index < -0.39 is 0 Å². The van der Waals surface area contributed by atoms with Gasteiger partial charge in [0.05, 0.1) is 16.3 Å². The molecule has 7 heteroatoms. The summed E-state index contributed by atoms with van der Waals surface area (Å²) < 4.78 is 12.0. The van der Waals surface area contributed by atoms with E-state index in [2.05, 4.69) is 44.7 Å². The number of H-pyrrole nitrogens is 1. The summed E-state index contributed by atoms with van der Waals surface area (Å²) in [6, 6.07) is 27.9. The minimum absolute atomic E-state index is 0.394. The van der Waals surface area contributed by atoms with Crippen LogP contribution in [0.2, 0.25) is 0 Å². The van der Waals surface area contributed by atoms with Crippen molar-refractivity contribution in [1.82, 2.24) is 20.4 Å². The highest BCUT2D eigenvalue weighted by Crippen LogP contribution is 2.22. The van der Waals surface area contributed by atoms with Gasteiger partial charge in [-0.25, -0.2) is 4.98 Å². The molecule has 5 rings (SSSR count). The van der Waals surface area contributed by atoms with Crippen LogP contribution in [0, 0.1) is 0 Å². The van der Waals surface area contributed by atoms with Crippen LogP contribution in [0.3, 0.4) is 0 Å². The molecule has 32 heavy (non-hydrogen) atoms. The highest BCUT2D eigenvalue weighted by atomic mass is 16.5. The van der Waals surface area contributed by atoms with Crippen LogP contribution < -0.4 is 14.3 Å². The summed E-state index contributed by atoms with van der Waals surface area (Å²) in [5.41, 5.74) is 4.05. The van der Waals surface area contributed by atoms with Gasteiger partial charge in [0.1, 0.15) is 24.7 Å². The molecule has 0 unspecified atom stereocenters. The Bertz CT molecular complexity index is 1320. The fourth-order valence-corrected chi connectivity index (χ4v) is 3.46. The van der Waals surface area contributed by atoms with Crippen LogP contribution in [-0.4, -0.2) is 20.4 Å². The molecule has 5 aromatic rings. The number of hydrogen-bond acceptors (Lipinski definition) is 5. The van der Waals surface area contributed by atoms with Gasteiger partial charge in [-0.3, -0.25) is 0 Å². The highest BCUT2D eigenvalue weighted by molar-refractivity contribution is 5.78. The fourth-order valence-electron chi connectivity index (χ4n) is 3.46. The van der Waals surface area contributed by atoms with E-state index in [1.54, 1.807) is 4.80 Å². The van der Waals surface area contributed by atoms with Crippen molar-refractivity contribution in [2.45, 2.75) is 19.8 Å². The van der Waals surface area contributed by atoms with E-state index in [1.807, 2.05) is 60.7 Å². The Morgan fingerprint density at radius 3 is 2.38 bits per heavy atom. The SMILES string of the molecule is c1cc(OCc2ccc3ccccc3n2)cc(OCc2ccccc2C[n+]2ncn[nH]2)c1. The third-order valence-corrected chi connectivity index (χ3v) is 5.10. The first-order chi connectivity index (χ1) is 15.8. The van der Waals surface area contributed by atoms with E-state index >= 15 is 0 Å². The van der Waals surface area contributed by atoms with Crippen molar-refractivity contribution in [2.24, 2.45) is 0 Å². The molecule has 158 valence electrons. The Labute approximate surface area is 185 Å². The first-order valence-corrected chi connectivity index (χ1v) is 10.4. The molecule has 3 aromatic carbocycles. The second-order valence-corrected chi connectivity index (χ2v) is 7.33. The molecule has 0 saturated heterocycles. The van der Waals surface area contributed by atoms with Gasteiger partial charge < -0.3 is 9.47 Å². The van der Waals surface area contributed by atoms with Gasteiger partial charge in [-0.2, -0.15) is 0 Å². The number of ether oxygens (including phenoxy) is 2. The second-order valence-electron chi connectivity index (χ2n) is 7.33. The molecule has 1 N–H and O–H groups in total. The summed E-state index contributed by atoms with van der Waals surface area (Å²) in [6.07, 6.45) is 1.48. The predicted octanol–water partition coefficient (Wildman–Crippen LogP) is 3.85. The third-order valence-electron chi connectivity index (χ3n) is 5.10. The number of benzene rings is 3. The third kappa shape index (κ3) is 4.73. The van der Waals surface area contributed by atoms with Crippen LogP contribution in [-0.2, 0) is 19.8 Å². The van der Waals surface area contributed by atoms with Gasteiger partial charge in [-0.05, 0) is 40.1 Å². The standard InChI is InChI=1S/C25H21N5O2/c1-2-8-21(20(7-1)15-30-27-18-26-29-30)16-31-23-9-5-10-24(14-23)32-17-22-13-12-19-6-3-4-11-25(19)28-22/h1-14,18H,15-17H2/p+1. The molecule has 0 bridgehead atoms. The maximum absolute atomic E-state index is 6.05. The number of aromatic amines is 1. The lowest BCUT2D eigenvalue weighted by atomic mass is 10.1. The average Bonchev–Trinajstić information content (AvgIpc) is 3.35. The van der Waals surface area contributed by atoms with E-state index in [1.165, 1.54) is 6.33 Å². The summed E-state index contributed by atoms with van der Waals surface area (Å²) in [4.78, 5) is 6.33. The van der Waals surface area contributed by atoms with Gasteiger partial charge in [0, 0.05) is 17.0 Å². The van der Waals surface area contributed by atoms with Crippen LogP contribution in [0.25, 0.3) is 10.9 Å². The molecule has 0 aliphatic heterocycles. The molecule has 0 atom stereocenters. The van der Waals surface area contributed by atoms with Crippen LogP contribution >= 0.6 is 0 Å². The maximum Gasteiger partial charge on any atom is 0.296 e. The number of rotatable bonds is 8. The van der Waals surface area contributed by atoms with Gasteiger partial charge in [0.2, 0.25) is 0 Å². The lowest BCUT2D eigenvalue weighted by Gasteiger charge is -2.11. The molecule has 2 heterocycles. The van der Waals surface area contributed by atoms with Gasteiger partial charge in [0.25, 0.3) is 6.33 Å². The number of pyridine rings is 1. The smallest absolute Gasteiger partial charge is 0.296 e. The molecule has 0 amide bonds. The molecule has 0 radical (unpaired) electrons. The summed E-state index contributed by atoms with van der Waals surface area (Å²) >= 11 is 0. The van der Waals surface area contributed by atoms with Gasteiger partial charge in [-0.15, -0.1) is 0 Å². The molecular formula is C25H22N5O2+. The lowest BCUT2D eigenvalue weighted by Crippen LogP contribution is -2.39. The Hall–Kier alpha value is -4.26. The monoisotopic (exact) mass is 424 g/mol. The van der Waals surface area contributed by atoms with Crippen molar-refractivity contribution in [2.75, 3.05) is 0 Å². The van der Waals surface area contributed by atoms with E-state index in [0.717, 1.165) is 39.2 Å². The Kier molecular flexibility index (Phi) is 5.70. The molecule has 2 aromatic heterocycles. The van der Waals surface area contributed by atoms with E-state index in [9.17, 15) is 0 Å². The number of para-hydroxylation sites is 1. The zero-order valence-electron chi connectivity index (χ0n) is 17.4. The van der Waals surface area contributed by atoms with Crippen LogP contribution in [0.4, 0.5) is 0 Å². The first kappa shape index (κ1) is 19.7. The summed E-state index contributed by atoms with van der Waals surface area (Å²) in [6.45, 7) is 1.44. The molecule has 0 spiro atoms. The van der Waals surface area contributed by atoms with Crippen LogP contribution in [0.5, 0.6) is 11.5 Å². The zero-order valence-corrected chi connectivity index (χ0v) is 17.4. The molecule has 7 nitrogen and oxygen atoms in total.